The fourth-order valence-electron chi connectivity index (χ4n) is 0.983. The van der Waals surface area contributed by atoms with Crippen LogP contribution in [0.1, 0.15) is 40.5 Å². The number of hydrogen-bond donors (Lipinski definition) is 0. The van der Waals surface area contributed by atoms with Gasteiger partial charge in [-0.25, -0.2) is 0 Å². The van der Waals surface area contributed by atoms with Crippen molar-refractivity contribution in [3.8, 4) is 0 Å². The number of hydrogen-bond acceptors (Lipinski definition) is 2. The van der Waals surface area contributed by atoms with Gasteiger partial charge < -0.3 is 4.74 Å². The first-order chi connectivity index (χ1) is 5.91. The van der Waals surface area contributed by atoms with Crippen LogP contribution in [0, 0.1) is 5.41 Å². The van der Waals surface area contributed by atoms with Gasteiger partial charge in [-0.05, 0) is 6.42 Å². The third kappa shape index (κ3) is 4.71. The second-order valence-corrected chi connectivity index (χ2v) is 4.26. The summed E-state index contributed by atoms with van der Waals surface area (Å²) in [7, 11) is 0. The zero-order valence-electron chi connectivity index (χ0n) is 9.09. The minimum absolute atomic E-state index is 0.0643. The molecule has 0 radical (unpaired) electrons. The lowest BCUT2D eigenvalue weighted by molar-refractivity contribution is -0.151. The van der Waals surface area contributed by atoms with E-state index in [1.165, 1.54) is 0 Å². The minimum Gasteiger partial charge on any atom is -0.458 e. The molecule has 0 spiro atoms. The van der Waals surface area contributed by atoms with E-state index < -0.39 is 0 Å². The summed E-state index contributed by atoms with van der Waals surface area (Å²) in [5, 5.41) is 0. The molecule has 0 saturated heterocycles. The summed E-state index contributed by atoms with van der Waals surface area (Å²) in [6.07, 6.45) is 2.81. The summed E-state index contributed by atoms with van der Waals surface area (Å²) in [5.41, 5.74) is -0.0643. The Kier molecular flexibility index (Phi) is 4.74. The molecular formula is C11H20O2. The largest absolute Gasteiger partial charge is 0.458 e. The van der Waals surface area contributed by atoms with Gasteiger partial charge in [-0.3, -0.25) is 4.79 Å². The quantitative estimate of drug-likeness (QED) is 0.496. The van der Waals surface area contributed by atoms with Crippen molar-refractivity contribution < 1.29 is 9.53 Å². The fourth-order valence-corrected chi connectivity index (χ4v) is 0.983. The van der Waals surface area contributed by atoms with Gasteiger partial charge in [0.05, 0.1) is 0 Å². The monoisotopic (exact) mass is 184 g/mol. The van der Waals surface area contributed by atoms with Crippen molar-refractivity contribution in [2.24, 2.45) is 5.41 Å². The van der Waals surface area contributed by atoms with Crippen LogP contribution < -0.4 is 0 Å². The molecule has 0 saturated carbocycles. The Bertz CT molecular complexity index is 177. The van der Waals surface area contributed by atoms with Crippen LogP contribution in [0.5, 0.6) is 0 Å². The molecule has 2 nitrogen and oxygen atoms in total. The molecule has 0 aliphatic rings. The van der Waals surface area contributed by atoms with E-state index in [9.17, 15) is 4.79 Å². The summed E-state index contributed by atoms with van der Waals surface area (Å²) >= 11 is 0. The Morgan fingerprint density at radius 1 is 1.54 bits per heavy atom. The molecule has 0 N–H and O–H groups in total. The maximum Gasteiger partial charge on any atom is 0.306 e. The topological polar surface area (TPSA) is 26.3 Å². The zero-order valence-corrected chi connectivity index (χ0v) is 9.09. The molecular weight excluding hydrogens is 164 g/mol. The predicted octanol–water partition coefficient (Wildman–Crippen LogP) is 2.93. The minimum atomic E-state index is -0.188. The van der Waals surface area contributed by atoms with Crippen LogP contribution in [0.2, 0.25) is 0 Å². The molecule has 0 heterocycles. The highest BCUT2D eigenvalue weighted by molar-refractivity contribution is 5.69. The second-order valence-electron chi connectivity index (χ2n) is 4.26. The maximum absolute atomic E-state index is 11.2. The first-order valence-corrected chi connectivity index (χ1v) is 4.73. The SMILES string of the molecule is C=C[C@H](OC(=O)CCC)C(C)(C)C. The first kappa shape index (κ1) is 12.2. The predicted molar refractivity (Wildman–Crippen MR) is 54.4 cm³/mol. The van der Waals surface area contributed by atoms with Crippen LogP contribution in [-0.4, -0.2) is 12.1 Å². The van der Waals surface area contributed by atoms with Gasteiger partial charge in [0.15, 0.2) is 0 Å². The van der Waals surface area contributed by atoms with E-state index in [1.54, 1.807) is 6.08 Å². The summed E-state index contributed by atoms with van der Waals surface area (Å²) in [4.78, 5) is 11.2. The highest BCUT2D eigenvalue weighted by Gasteiger charge is 2.24. The standard InChI is InChI=1S/C11H20O2/c1-6-8-10(12)13-9(7-2)11(3,4)5/h7,9H,2,6,8H2,1,3-5H3/t9-/m0/s1. The van der Waals surface area contributed by atoms with E-state index >= 15 is 0 Å². The molecule has 0 aromatic rings. The Morgan fingerprint density at radius 3 is 2.38 bits per heavy atom. The van der Waals surface area contributed by atoms with Gasteiger partial charge in [-0.15, -0.1) is 0 Å². The van der Waals surface area contributed by atoms with Crippen LogP contribution in [-0.2, 0) is 9.53 Å². The molecule has 0 rings (SSSR count). The lowest BCUT2D eigenvalue weighted by Gasteiger charge is -2.27. The Balaban J connectivity index is 4.14. The number of carbonyl (C=O) groups excluding carboxylic acids is 1. The van der Waals surface area contributed by atoms with Gasteiger partial charge in [0.25, 0.3) is 0 Å². The zero-order chi connectivity index (χ0) is 10.5. The molecule has 0 aromatic heterocycles. The molecule has 0 aromatic carbocycles. The summed E-state index contributed by atoms with van der Waals surface area (Å²) < 4.78 is 5.25. The van der Waals surface area contributed by atoms with Crippen molar-refractivity contribution in [2.75, 3.05) is 0 Å². The van der Waals surface area contributed by atoms with Gasteiger partial charge in [0.2, 0.25) is 0 Å². The third-order valence-electron chi connectivity index (χ3n) is 1.78. The lowest BCUT2D eigenvalue weighted by Crippen LogP contribution is -2.29. The molecule has 13 heavy (non-hydrogen) atoms. The summed E-state index contributed by atoms with van der Waals surface area (Å²) in [6.45, 7) is 11.7. The van der Waals surface area contributed by atoms with Gasteiger partial charge in [0, 0.05) is 11.8 Å². The Hall–Kier alpha value is -0.790. The van der Waals surface area contributed by atoms with E-state index in [-0.39, 0.29) is 17.5 Å². The summed E-state index contributed by atoms with van der Waals surface area (Å²) in [6, 6.07) is 0. The molecule has 0 aliphatic heterocycles. The molecule has 0 unspecified atom stereocenters. The van der Waals surface area contributed by atoms with E-state index in [0.717, 1.165) is 6.42 Å². The smallest absolute Gasteiger partial charge is 0.306 e. The Morgan fingerprint density at radius 2 is 2.08 bits per heavy atom. The van der Waals surface area contributed by atoms with Crippen LogP contribution >= 0.6 is 0 Å². The average Bonchev–Trinajstić information content (AvgIpc) is 1.98. The molecule has 76 valence electrons. The van der Waals surface area contributed by atoms with Crippen molar-refractivity contribution in [1.82, 2.24) is 0 Å². The molecule has 0 aliphatic carbocycles. The lowest BCUT2D eigenvalue weighted by atomic mass is 9.89. The van der Waals surface area contributed by atoms with Crippen molar-refractivity contribution in [2.45, 2.75) is 46.6 Å². The van der Waals surface area contributed by atoms with Crippen molar-refractivity contribution in [3.63, 3.8) is 0 Å². The Labute approximate surface area is 81.0 Å². The number of esters is 1. The van der Waals surface area contributed by atoms with Crippen LogP contribution in [0.4, 0.5) is 0 Å². The van der Waals surface area contributed by atoms with Crippen LogP contribution in [0.25, 0.3) is 0 Å². The van der Waals surface area contributed by atoms with E-state index in [0.29, 0.717) is 6.42 Å². The fraction of sp³-hybridized carbons (Fsp3) is 0.727. The van der Waals surface area contributed by atoms with Crippen LogP contribution in [0.3, 0.4) is 0 Å². The molecule has 2 heteroatoms. The van der Waals surface area contributed by atoms with Crippen molar-refractivity contribution in [3.05, 3.63) is 12.7 Å². The maximum atomic E-state index is 11.2. The highest BCUT2D eigenvalue weighted by atomic mass is 16.5. The summed E-state index contributed by atoms with van der Waals surface area (Å²) in [5.74, 6) is -0.137. The molecule has 0 bridgehead atoms. The number of rotatable bonds is 4. The molecule has 0 amide bonds. The van der Waals surface area contributed by atoms with Gasteiger partial charge in [0.1, 0.15) is 6.10 Å². The first-order valence-electron chi connectivity index (χ1n) is 4.73. The van der Waals surface area contributed by atoms with E-state index in [1.807, 2.05) is 27.7 Å². The molecule has 0 fully saturated rings. The normalized spacial score (nSPS) is 13.5. The highest BCUT2D eigenvalue weighted by Crippen LogP contribution is 2.23. The van der Waals surface area contributed by atoms with Gasteiger partial charge in [-0.2, -0.15) is 0 Å². The van der Waals surface area contributed by atoms with Crippen LogP contribution in [0.15, 0.2) is 12.7 Å². The van der Waals surface area contributed by atoms with E-state index in [4.69, 9.17) is 4.74 Å². The number of carbonyl (C=O) groups is 1. The third-order valence-corrected chi connectivity index (χ3v) is 1.78. The van der Waals surface area contributed by atoms with E-state index in [2.05, 4.69) is 6.58 Å². The van der Waals surface area contributed by atoms with Gasteiger partial charge in [-0.1, -0.05) is 40.3 Å². The molecule has 1 atom stereocenters. The second kappa shape index (κ2) is 5.05. The number of ether oxygens (including phenoxy) is 1. The van der Waals surface area contributed by atoms with Gasteiger partial charge >= 0.3 is 5.97 Å². The average molecular weight is 184 g/mol. The van der Waals surface area contributed by atoms with Crippen molar-refractivity contribution in [1.29, 1.82) is 0 Å². The van der Waals surface area contributed by atoms with Crippen molar-refractivity contribution >= 4 is 5.97 Å².